The van der Waals surface area contributed by atoms with Gasteiger partial charge in [0.2, 0.25) is 11.7 Å². The monoisotopic (exact) mass is 225 g/mol. The highest BCUT2D eigenvalue weighted by Crippen LogP contribution is 2.28. The van der Waals surface area contributed by atoms with Crippen molar-refractivity contribution < 1.29 is 9.26 Å². The fraction of sp³-hybridized carbons (Fsp3) is 0.818. The molecular weight excluding hydrogens is 206 g/mol. The van der Waals surface area contributed by atoms with E-state index in [1.54, 1.807) is 7.11 Å². The molecule has 1 aromatic heterocycles. The van der Waals surface area contributed by atoms with Gasteiger partial charge in [-0.05, 0) is 32.9 Å². The summed E-state index contributed by atoms with van der Waals surface area (Å²) in [7, 11) is 1.65. The molecule has 1 aliphatic rings. The predicted octanol–water partition coefficient (Wildman–Crippen LogP) is 1.27. The van der Waals surface area contributed by atoms with Gasteiger partial charge in [-0.1, -0.05) is 12.1 Å². The molecule has 2 heterocycles. The molecule has 2 rings (SSSR count). The molecule has 1 atom stereocenters. The summed E-state index contributed by atoms with van der Waals surface area (Å²) in [6, 6.07) is 0. The fourth-order valence-corrected chi connectivity index (χ4v) is 1.62. The van der Waals surface area contributed by atoms with Gasteiger partial charge in [0, 0.05) is 13.0 Å². The Kier molecular flexibility index (Phi) is 2.99. The number of hydrogen-bond acceptors (Lipinski definition) is 5. The van der Waals surface area contributed by atoms with Crippen molar-refractivity contribution in [1.29, 1.82) is 0 Å². The molecule has 1 N–H and O–H groups in total. The standard InChI is InChI=1S/C11H19N3O2/c1-7(8-5-12-6-8)9-13-10(14-16-9)11(2,3)15-4/h7-8,12H,5-6H2,1-4H3. The highest BCUT2D eigenvalue weighted by Gasteiger charge is 2.32. The summed E-state index contributed by atoms with van der Waals surface area (Å²) < 4.78 is 10.6. The molecule has 5 nitrogen and oxygen atoms in total. The molecular formula is C11H19N3O2. The van der Waals surface area contributed by atoms with E-state index in [4.69, 9.17) is 9.26 Å². The quantitative estimate of drug-likeness (QED) is 0.836. The highest BCUT2D eigenvalue weighted by atomic mass is 16.5. The Bertz CT molecular complexity index is 358. The van der Waals surface area contributed by atoms with E-state index in [1.807, 2.05) is 13.8 Å². The van der Waals surface area contributed by atoms with Gasteiger partial charge < -0.3 is 14.6 Å². The summed E-state index contributed by atoms with van der Waals surface area (Å²) in [4.78, 5) is 4.43. The van der Waals surface area contributed by atoms with Crippen molar-refractivity contribution in [1.82, 2.24) is 15.5 Å². The maximum absolute atomic E-state index is 5.32. The Labute approximate surface area is 95.6 Å². The van der Waals surface area contributed by atoms with Crippen molar-refractivity contribution in [2.45, 2.75) is 32.3 Å². The largest absolute Gasteiger partial charge is 0.371 e. The molecule has 1 saturated heterocycles. The SMILES string of the molecule is COC(C)(C)c1noc(C(C)C2CNC2)n1. The second-order valence-electron chi connectivity index (χ2n) is 4.88. The van der Waals surface area contributed by atoms with E-state index in [0.717, 1.165) is 13.1 Å². The predicted molar refractivity (Wildman–Crippen MR) is 59.1 cm³/mol. The minimum Gasteiger partial charge on any atom is -0.371 e. The Morgan fingerprint density at radius 1 is 1.50 bits per heavy atom. The van der Waals surface area contributed by atoms with Crippen LogP contribution in [0.15, 0.2) is 4.52 Å². The van der Waals surface area contributed by atoms with Crippen LogP contribution in [-0.4, -0.2) is 30.3 Å². The third-order valence-corrected chi connectivity index (χ3v) is 3.40. The summed E-state index contributed by atoms with van der Waals surface area (Å²) in [6.07, 6.45) is 0. The van der Waals surface area contributed by atoms with Crippen LogP contribution in [0, 0.1) is 5.92 Å². The summed E-state index contributed by atoms with van der Waals surface area (Å²) >= 11 is 0. The summed E-state index contributed by atoms with van der Waals surface area (Å²) in [5.74, 6) is 2.25. The molecule has 1 unspecified atom stereocenters. The second kappa shape index (κ2) is 4.14. The van der Waals surface area contributed by atoms with Crippen molar-refractivity contribution in [2.24, 2.45) is 5.92 Å². The number of nitrogens with zero attached hydrogens (tertiary/aromatic N) is 2. The lowest BCUT2D eigenvalue weighted by atomic mass is 9.89. The van der Waals surface area contributed by atoms with Crippen LogP contribution in [0.1, 0.15) is 38.4 Å². The Morgan fingerprint density at radius 3 is 2.69 bits per heavy atom. The molecule has 90 valence electrons. The number of hydrogen-bond donors (Lipinski definition) is 1. The molecule has 5 heteroatoms. The summed E-state index contributed by atoms with van der Waals surface area (Å²) in [5.41, 5.74) is -0.487. The van der Waals surface area contributed by atoms with E-state index in [1.165, 1.54) is 0 Å². The normalized spacial score (nSPS) is 19.5. The van der Waals surface area contributed by atoms with Gasteiger partial charge in [0.25, 0.3) is 0 Å². The van der Waals surface area contributed by atoms with E-state index in [-0.39, 0.29) is 0 Å². The molecule has 0 aromatic carbocycles. The number of ether oxygens (including phenoxy) is 1. The second-order valence-corrected chi connectivity index (χ2v) is 4.88. The Hall–Kier alpha value is -0.940. The van der Waals surface area contributed by atoms with Gasteiger partial charge in [-0.15, -0.1) is 0 Å². The van der Waals surface area contributed by atoms with Crippen molar-refractivity contribution in [3.63, 3.8) is 0 Å². The third-order valence-electron chi connectivity index (χ3n) is 3.40. The Balaban J connectivity index is 2.12. The van der Waals surface area contributed by atoms with Crippen LogP contribution in [0.5, 0.6) is 0 Å². The first-order chi connectivity index (χ1) is 7.54. The zero-order valence-electron chi connectivity index (χ0n) is 10.3. The topological polar surface area (TPSA) is 60.2 Å². The molecule has 1 aliphatic heterocycles. The van der Waals surface area contributed by atoms with Gasteiger partial charge in [-0.3, -0.25) is 0 Å². The zero-order valence-corrected chi connectivity index (χ0v) is 10.3. The minimum atomic E-state index is -0.487. The van der Waals surface area contributed by atoms with Crippen LogP contribution in [0.25, 0.3) is 0 Å². The molecule has 0 bridgehead atoms. The average Bonchev–Trinajstić information content (AvgIpc) is 2.64. The minimum absolute atomic E-state index is 0.315. The van der Waals surface area contributed by atoms with Crippen LogP contribution in [-0.2, 0) is 10.3 Å². The zero-order chi connectivity index (χ0) is 11.8. The number of aromatic nitrogens is 2. The first-order valence-corrected chi connectivity index (χ1v) is 5.64. The lowest BCUT2D eigenvalue weighted by molar-refractivity contribution is 0.00973. The van der Waals surface area contributed by atoms with E-state index in [0.29, 0.717) is 23.6 Å². The van der Waals surface area contributed by atoms with Gasteiger partial charge in [0.15, 0.2) is 0 Å². The lowest BCUT2D eigenvalue weighted by Gasteiger charge is -2.30. The smallest absolute Gasteiger partial charge is 0.229 e. The lowest BCUT2D eigenvalue weighted by Crippen LogP contribution is -2.44. The van der Waals surface area contributed by atoms with E-state index >= 15 is 0 Å². The summed E-state index contributed by atoms with van der Waals surface area (Å²) in [5, 5.41) is 7.23. The number of rotatable bonds is 4. The maximum Gasteiger partial charge on any atom is 0.229 e. The van der Waals surface area contributed by atoms with E-state index in [9.17, 15) is 0 Å². The van der Waals surface area contributed by atoms with Crippen LogP contribution in [0.4, 0.5) is 0 Å². The molecule has 1 aromatic rings. The molecule has 0 aliphatic carbocycles. The van der Waals surface area contributed by atoms with E-state index in [2.05, 4.69) is 22.4 Å². The molecule has 0 amide bonds. The third kappa shape index (κ3) is 1.97. The van der Waals surface area contributed by atoms with Crippen LogP contribution < -0.4 is 5.32 Å². The van der Waals surface area contributed by atoms with Crippen LogP contribution in [0.2, 0.25) is 0 Å². The van der Waals surface area contributed by atoms with Gasteiger partial charge >= 0.3 is 0 Å². The molecule has 1 fully saturated rings. The van der Waals surface area contributed by atoms with Crippen LogP contribution >= 0.6 is 0 Å². The van der Waals surface area contributed by atoms with Crippen molar-refractivity contribution >= 4 is 0 Å². The molecule has 16 heavy (non-hydrogen) atoms. The molecule has 0 spiro atoms. The molecule has 0 saturated carbocycles. The Morgan fingerprint density at radius 2 is 2.19 bits per heavy atom. The van der Waals surface area contributed by atoms with Gasteiger partial charge in [0.1, 0.15) is 5.60 Å². The van der Waals surface area contributed by atoms with Crippen molar-refractivity contribution in [2.75, 3.05) is 20.2 Å². The fourth-order valence-electron chi connectivity index (χ4n) is 1.62. The van der Waals surface area contributed by atoms with Gasteiger partial charge in [0.05, 0.1) is 0 Å². The molecule has 0 radical (unpaired) electrons. The van der Waals surface area contributed by atoms with Crippen LogP contribution in [0.3, 0.4) is 0 Å². The first-order valence-electron chi connectivity index (χ1n) is 5.64. The average molecular weight is 225 g/mol. The maximum atomic E-state index is 5.32. The van der Waals surface area contributed by atoms with Crippen molar-refractivity contribution in [3.8, 4) is 0 Å². The summed E-state index contributed by atoms with van der Waals surface area (Å²) in [6.45, 7) is 8.05. The highest BCUT2D eigenvalue weighted by molar-refractivity contribution is 5.02. The van der Waals surface area contributed by atoms with E-state index < -0.39 is 5.60 Å². The number of nitrogens with one attached hydrogen (secondary N) is 1. The number of methoxy groups -OCH3 is 1. The van der Waals surface area contributed by atoms with Crippen molar-refractivity contribution in [3.05, 3.63) is 11.7 Å². The van der Waals surface area contributed by atoms with Gasteiger partial charge in [-0.2, -0.15) is 4.98 Å². The van der Waals surface area contributed by atoms with Gasteiger partial charge in [-0.25, -0.2) is 0 Å². The first kappa shape index (κ1) is 11.5.